The molecule has 16 heavy (non-hydrogen) atoms. The first kappa shape index (κ1) is 12.4. The third-order valence-electron chi connectivity index (χ3n) is 2.10. The minimum absolute atomic E-state index is 0.0999. The Morgan fingerprint density at radius 2 is 2.19 bits per heavy atom. The van der Waals surface area contributed by atoms with Crippen LogP contribution in [0.3, 0.4) is 0 Å². The SMILES string of the molecule is COc1cc(C(N)=NCC(C)C)ccc1O. The molecule has 0 amide bonds. The van der Waals surface area contributed by atoms with Gasteiger partial charge >= 0.3 is 0 Å². The molecule has 0 atom stereocenters. The second kappa shape index (κ2) is 5.39. The molecule has 0 saturated carbocycles. The van der Waals surface area contributed by atoms with Crippen molar-refractivity contribution in [2.24, 2.45) is 16.6 Å². The Hall–Kier alpha value is -1.71. The van der Waals surface area contributed by atoms with Crippen LogP contribution in [0.2, 0.25) is 0 Å². The lowest BCUT2D eigenvalue weighted by atomic mass is 10.2. The van der Waals surface area contributed by atoms with E-state index < -0.39 is 0 Å². The van der Waals surface area contributed by atoms with Gasteiger partial charge in [-0.25, -0.2) is 0 Å². The second-order valence-electron chi connectivity index (χ2n) is 4.01. The van der Waals surface area contributed by atoms with Crippen LogP contribution >= 0.6 is 0 Å². The maximum Gasteiger partial charge on any atom is 0.161 e. The third kappa shape index (κ3) is 3.15. The molecule has 0 radical (unpaired) electrons. The molecule has 4 nitrogen and oxygen atoms in total. The van der Waals surface area contributed by atoms with Gasteiger partial charge in [0.05, 0.1) is 7.11 Å². The van der Waals surface area contributed by atoms with Crippen molar-refractivity contribution in [2.75, 3.05) is 13.7 Å². The fourth-order valence-electron chi connectivity index (χ4n) is 1.21. The minimum Gasteiger partial charge on any atom is -0.504 e. The largest absolute Gasteiger partial charge is 0.504 e. The van der Waals surface area contributed by atoms with Crippen molar-refractivity contribution in [3.05, 3.63) is 23.8 Å². The summed E-state index contributed by atoms with van der Waals surface area (Å²) in [7, 11) is 1.50. The summed E-state index contributed by atoms with van der Waals surface area (Å²) in [6.07, 6.45) is 0. The van der Waals surface area contributed by atoms with Crippen LogP contribution in [0, 0.1) is 5.92 Å². The molecule has 0 unspecified atom stereocenters. The first-order valence-corrected chi connectivity index (χ1v) is 5.22. The molecular formula is C12H18N2O2. The van der Waals surface area contributed by atoms with Crippen molar-refractivity contribution in [3.8, 4) is 11.5 Å². The predicted octanol–water partition coefficient (Wildman–Crippen LogP) is 1.76. The summed E-state index contributed by atoms with van der Waals surface area (Å²) >= 11 is 0. The smallest absolute Gasteiger partial charge is 0.161 e. The summed E-state index contributed by atoms with van der Waals surface area (Å²) in [5, 5.41) is 9.43. The van der Waals surface area contributed by atoms with Crippen LogP contribution in [0.5, 0.6) is 11.5 Å². The summed E-state index contributed by atoms with van der Waals surface area (Å²) in [5.41, 5.74) is 6.59. The van der Waals surface area contributed by atoms with Crippen molar-refractivity contribution in [1.82, 2.24) is 0 Å². The van der Waals surface area contributed by atoms with E-state index in [1.54, 1.807) is 18.2 Å². The molecule has 0 aliphatic heterocycles. The first-order valence-electron chi connectivity index (χ1n) is 5.22. The fraction of sp³-hybridized carbons (Fsp3) is 0.417. The van der Waals surface area contributed by atoms with Crippen LogP contribution in [-0.4, -0.2) is 24.6 Å². The summed E-state index contributed by atoms with van der Waals surface area (Å²) in [4.78, 5) is 4.26. The number of benzene rings is 1. The highest BCUT2D eigenvalue weighted by Gasteiger charge is 2.05. The number of aliphatic imine (C=N–C) groups is 1. The zero-order valence-electron chi connectivity index (χ0n) is 9.90. The van der Waals surface area contributed by atoms with Crippen LogP contribution in [0.25, 0.3) is 0 Å². The number of hydrogen-bond donors (Lipinski definition) is 2. The van der Waals surface area contributed by atoms with E-state index in [1.165, 1.54) is 7.11 Å². The number of phenolic OH excluding ortho intramolecular Hbond substituents is 1. The Morgan fingerprint density at radius 1 is 1.50 bits per heavy atom. The van der Waals surface area contributed by atoms with E-state index in [1.807, 2.05) is 0 Å². The number of nitrogens with zero attached hydrogens (tertiary/aromatic N) is 1. The molecule has 1 aromatic rings. The predicted molar refractivity (Wildman–Crippen MR) is 65.1 cm³/mol. The van der Waals surface area contributed by atoms with Crippen LogP contribution in [0.4, 0.5) is 0 Å². The van der Waals surface area contributed by atoms with Gasteiger partial charge in [-0.3, -0.25) is 4.99 Å². The number of phenols is 1. The molecule has 1 rings (SSSR count). The molecule has 0 aliphatic carbocycles. The topological polar surface area (TPSA) is 67.8 Å². The highest BCUT2D eigenvalue weighted by Crippen LogP contribution is 2.26. The number of amidine groups is 1. The lowest BCUT2D eigenvalue weighted by Gasteiger charge is -2.07. The first-order chi connectivity index (χ1) is 7.54. The number of ether oxygens (including phenoxy) is 1. The zero-order valence-corrected chi connectivity index (χ0v) is 9.90. The van der Waals surface area contributed by atoms with Crippen molar-refractivity contribution in [2.45, 2.75) is 13.8 Å². The van der Waals surface area contributed by atoms with Crippen molar-refractivity contribution >= 4 is 5.84 Å². The normalized spacial score (nSPS) is 11.9. The van der Waals surface area contributed by atoms with Crippen LogP contribution < -0.4 is 10.5 Å². The molecule has 0 aliphatic rings. The Morgan fingerprint density at radius 3 is 2.75 bits per heavy atom. The molecule has 0 spiro atoms. The summed E-state index contributed by atoms with van der Waals surface area (Å²) in [6.45, 7) is 4.84. The van der Waals surface area contributed by atoms with E-state index in [4.69, 9.17) is 10.5 Å². The molecular weight excluding hydrogens is 204 g/mol. The number of nitrogens with two attached hydrogens (primary N) is 1. The van der Waals surface area contributed by atoms with Gasteiger partial charge in [-0.1, -0.05) is 13.8 Å². The van der Waals surface area contributed by atoms with Crippen LogP contribution in [0.1, 0.15) is 19.4 Å². The second-order valence-corrected chi connectivity index (χ2v) is 4.01. The summed E-state index contributed by atoms with van der Waals surface area (Å²) in [5.74, 6) is 1.44. The maximum absolute atomic E-state index is 9.43. The van der Waals surface area contributed by atoms with E-state index >= 15 is 0 Å². The molecule has 0 heterocycles. The minimum atomic E-state index is 0.0999. The Bertz CT molecular complexity index is 387. The van der Waals surface area contributed by atoms with Gasteiger partial charge in [0.15, 0.2) is 11.5 Å². The monoisotopic (exact) mass is 222 g/mol. The fourth-order valence-corrected chi connectivity index (χ4v) is 1.21. The van der Waals surface area contributed by atoms with Gasteiger partial charge in [0.25, 0.3) is 0 Å². The summed E-state index contributed by atoms with van der Waals surface area (Å²) in [6, 6.07) is 4.94. The van der Waals surface area contributed by atoms with Gasteiger partial charge < -0.3 is 15.6 Å². The van der Waals surface area contributed by atoms with Crippen molar-refractivity contribution in [3.63, 3.8) is 0 Å². The molecule has 0 bridgehead atoms. The molecule has 0 fully saturated rings. The Kier molecular flexibility index (Phi) is 4.17. The van der Waals surface area contributed by atoms with E-state index in [9.17, 15) is 5.11 Å². The molecule has 1 aromatic carbocycles. The maximum atomic E-state index is 9.43. The average molecular weight is 222 g/mol. The van der Waals surface area contributed by atoms with E-state index in [0.29, 0.717) is 24.0 Å². The zero-order chi connectivity index (χ0) is 12.1. The average Bonchev–Trinajstić information content (AvgIpc) is 2.26. The van der Waals surface area contributed by atoms with Crippen LogP contribution in [-0.2, 0) is 0 Å². The highest BCUT2D eigenvalue weighted by molar-refractivity contribution is 5.98. The van der Waals surface area contributed by atoms with E-state index in [-0.39, 0.29) is 5.75 Å². The quantitative estimate of drug-likeness (QED) is 0.602. The van der Waals surface area contributed by atoms with Gasteiger partial charge in [-0.05, 0) is 24.1 Å². The van der Waals surface area contributed by atoms with Crippen molar-refractivity contribution < 1.29 is 9.84 Å². The van der Waals surface area contributed by atoms with Crippen LogP contribution in [0.15, 0.2) is 23.2 Å². The van der Waals surface area contributed by atoms with Gasteiger partial charge in [0.1, 0.15) is 5.84 Å². The Labute approximate surface area is 95.8 Å². The number of hydrogen-bond acceptors (Lipinski definition) is 3. The van der Waals surface area contributed by atoms with Crippen molar-refractivity contribution in [1.29, 1.82) is 0 Å². The lowest BCUT2D eigenvalue weighted by molar-refractivity contribution is 0.373. The van der Waals surface area contributed by atoms with Gasteiger partial charge in [-0.2, -0.15) is 0 Å². The standard InChI is InChI=1S/C12H18N2O2/c1-8(2)7-14-12(13)9-4-5-10(15)11(6-9)16-3/h4-6,8,15H,7H2,1-3H3,(H2,13,14). The van der Waals surface area contributed by atoms with E-state index in [2.05, 4.69) is 18.8 Å². The summed E-state index contributed by atoms with van der Waals surface area (Å²) < 4.78 is 5.00. The number of aromatic hydroxyl groups is 1. The molecule has 4 heteroatoms. The van der Waals surface area contributed by atoms with Gasteiger partial charge in [0.2, 0.25) is 0 Å². The number of methoxy groups -OCH3 is 1. The Balaban J connectivity index is 2.91. The van der Waals surface area contributed by atoms with E-state index in [0.717, 1.165) is 5.56 Å². The molecule has 88 valence electrons. The third-order valence-corrected chi connectivity index (χ3v) is 2.10. The molecule has 3 N–H and O–H groups in total. The lowest BCUT2D eigenvalue weighted by Crippen LogP contribution is -2.15. The van der Waals surface area contributed by atoms with Gasteiger partial charge in [0, 0.05) is 12.1 Å². The molecule has 0 saturated heterocycles. The van der Waals surface area contributed by atoms with Gasteiger partial charge in [-0.15, -0.1) is 0 Å². The molecule has 0 aromatic heterocycles. The number of rotatable bonds is 4. The highest BCUT2D eigenvalue weighted by atomic mass is 16.5.